The number of aliphatic hydroxyl groups is 1. The van der Waals surface area contributed by atoms with E-state index in [1.54, 1.807) is 7.11 Å². The molecule has 0 aromatic carbocycles. The zero-order valence-electron chi connectivity index (χ0n) is 10.5. The minimum Gasteiger partial charge on any atom is -0.391 e. The number of β-amino-alcohol motifs (C(OH)–C–C–N with tert-alkyl or cyclic N) is 1. The molecule has 0 unspecified atom stereocenters. The molecule has 1 N–H and O–H groups in total. The zero-order valence-corrected chi connectivity index (χ0v) is 10.5. The van der Waals surface area contributed by atoms with E-state index in [9.17, 15) is 5.11 Å². The van der Waals surface area contributed by atoms with Crippen LogP contribution < -0.4 is 0 Å². The minimum atomic E-state index is -0.255. The van der Waals surface area contributed by atoms with E-state index in [0.717, 1.165) is 19.7 Å². The number of ether oxygens (including phenoxy) is 1. The Kier molecular flexibility index (Phi) is 4.56. The molecule has 0 aromatic heterocycles. The fourth-order valence-corrected chi connectivity index (χ4v) is 2.01. The number of likely N-dealkylation sites (tertiary alicyclic amines) is 1. The topological polar surface area (TPSA) is 32.7 Å². The largest absolute Gasteiger partial charge is 0.391 e. The van der Waals surface area contributed by atoms with Crippen molar-refractivity contribution in [2.75, 3.05) is 26.8 Å². The van der Waals surface area contributed by atoms with Gasteiger partial charge in [0.1, 0.15) is 0 Å². The fraction of sp³-hybridized carbons (Fsp3) is 1.00. The van der Waals surface area contributed by atoms with Gasteiger partial charge in [-0.2, -0.15) is 0 Å². The molecule has 0 bridgehead atoms. The van der Waals surface area contributed by atoms with Gasteiger partial charge in [0.15, 0.2) is 0 Å². The van der Waals surface area contributed by atoms with Crippen molar-refractivity contribution >= 4 is 0 Å². The Morgan fingerprint density at radius 2 is 2.13 bits per heavy atom. The predicted octanol–water partition coefficient (Wildman–Crippen LogP) is 1.50. The smallest absolute Gasteiger partial charge is 0.0715 e. The summed E-state index contributed by atoms with van der Waals surface area (Å²) in [6, 6.07) is 0.506. The molecule has 0 aromatic rings. The molecule has 0 radical (unpaired) electrons. The maximum absolute atomic E-state index is 10.0. The molecule has 15 heavy (non-hydrogen) atoms. The molecule has 0 spiro atoms. The van der Waals surface area contributed by atoms with E-state index in [1.165, 1.54) is 12.8 Å². The summed E-state index contributed by atoms with van der Waals surface area (Å²) < 4.78 is 5.20. The first-order valence-corrected chi connectivity index (χ1v) is 5.86. The van der Waals surface area contributed by atoms with Crippen molar-refractivity contribution < 1.29 is 9.84 Å². The van der Waals surface area contributed by atoms with Gasteiger partial charge < -0.3 is 9.84 Å². The average Bonchev–Trinajstić information content (AvgIpc) is 2.52. The molecule has 1 heterocycles. The minimum absolute atomic E-state index is 0.0276. The van der Waals surface area contributed by atoms with Crippen LogP contribution in [0.4, 0.5) is 0 Å². The molecule has 1 fully saturated rings. The second kappa shape index (κ2) is 5.28. The highest BCUT2D eigenvalue weighted by atomic mass is 16.5. The van der Waals surface area contributed by atoms with E-state index in [0.29, 0.717) is 6.04 Å². The molecule has 3 nitrogen and oxygen atoms in total. The van der Waals surface area contributed by atoms with Crippen LogP contribution in [0.2, 0.25) is 0 Å². The molecule has 0 aliphatic carbocycles. The molecule has 1 rings (SSSR count). The Labute approximate surface area is 93.4 Å². The van der Waals surface area contributed by atoms with Gasteiger partial charge in [-0.25, -0.2) is 0 Å². The molecule has 1 aliphatic heterocycles. The van der Waals surface area contributed by atoms with Crippen LogP contribution in [0.15, 0.2) is 0 Å². The van der Waals surface area contributed by atoms with Gasteiger partial charge in [-0.05, 0) is 24.8 Å². The SMILES string of the molecule is COC[C@@H]1CCCN1C[C@H](O)C(C)(C)C. The third-order valence-corrected chi connectivity index (χ3v) is 3.27. The van der Waals surface area contributed by atoms with Crippen molar-refractivity contribution in [1.82, 2.24) is 4.90 Å². The van der Waals surface area contributed by atoms with E-state index in [-0.39, 0.29) is 11.5 Å². The van der Waals surface area contributed by atoms with Crippen LogP contribution in [-0.4, -0.2) is 49.0 Å². The fourth-order valence-electron chi connectivity index (χ4n) is 2.01. The van der Waals surface area contributed by atoms with Crippen molar-refractivity contribution in [3.8, 4) is 0 Å². The zero-order chi connectivity index (χ0) is 11.5. The quantitative estimate of drug-likeness (QED) is 0.771. The highest BCUT2D eigenvalue weighted by molar-refractivity contribution is 4.84. The van der Waals surface area contributed by atoms with Crippen molar-refractivity contribution in [3.05, 3.63) is 0 Å². The van der Waals surface area contributed by atoms with E-state index in [4.69, 9.17) is 4.74 Å². The number of methoxy groups -OCH3 is 1. The summed E-state index contributed by atoms with van der Waals surface area (Å²) in [6.07, 6.45) is 2.17. The average molecular weight is 215 g/mol. The predicted molar refractivity (Wildman–Crippen MR) is 61.9 cm³/mol. The summed E-state index contributed by atoms with van der Waals surface area (Å²) in [6.45, 7) is 8.91. The monoisotopic (exact) mass is 215 g/mol. The van der Waals surface area contributed by atoms with Gasteiger partial charge in [-0.3, -0.25) is 4.90 Å². The number of rotatable bonds is 4. The summed E-state index contributed by atoms with van der Waals surface area (Å²) in [5.74, 6) is 0. The Bertz CT molecular complexity index is 189. The van der Waals surface area contributed by atoms with E-state index < -0.39 is 0 Å². The highest BCUT2D eigenvalue weighted by Crippen LogP contribution is 2.24. The van der Waals surface area contributed by atoms with Gasteiger partial charge in [-0.15, -0.1) is 0 Å². The number of nitrogens with zero attached hydrogens (tertiary/aromatic N) is 1. The number of hydrogen-bond acceptors (Lipinski definition) is 3. The lowest BCUT2D eigenvalue weighted by Crippen LogP contribution is -2.43. The van der Waals surface area contributed by atoms with E-state index in [1.807, 2.05) is 0 Å². The van der Waals surface area contributed by atoms with Crippen LogP contribution in [-0.2, 0) is 4.74 Å². The summed E-state index contributed by atoms with van der Waals surface area (Å²) in [4.78, 5) is 2.36. The van der Waals surface area contributed by atoms with Crippen LogP contribution >= 0.6 is 0 Å². The molecular weight excluding hydrogens is 190 g/mol. The molecule has 2 atom stereocenters. The Balaban J connectivity index is 2.43. The first kappa shape index (κ1) is 12.9. The third-order valence-electron chi connectivity index (χ3n) is 3.27. The first-order valence-electron chi connectivity index (χ1n) is 5.86. The molecule has 0 saturated carbocycles. The lowest BCUT2D eigenvalue weighted by atomic mass is 9.89. The van der Waals surface area contributed by atoms with Gasteiger partial charge in [-0.1, -0.05) is 20.8 Å². The molecule has 0 amide bonds. The van der Waals surface area contributed by atoms with Gasteiger partial charge in [0.2, 0.25) is 0 Å². The van der Waals surface area contributed by atoms with Gasteiger partial charge >= 0.3 is 0 Å². The Morgan fingerprint density at radius 1 is 1.47 bits per heavy atom. The molecular formula is C12H25NO2. The van der Waals surface area contributed by atoms with Crippen LogP contribution in [0, 0.1) is 5.41 Å². The Hall–Kier alpha value is -0.120. The molecule has 1 saturated heterocycles. The van der Waals surface area contributed by atoms with Crippen LogP contribution in [0.3, 0.4) is 0 Å². The van der Waals surface area contributed by atoms with Gasteiger partial charge in [0, 0.05) is 19.7 Å². The highest BCUT2D eigenvalue weighted by Gasteiger charge is 2.30. The van der Waals surface area contributed by atoms with Crippen LogP contribution in [0.5, 0.6) is 0 Å². The van der Waals surface area contributed by atoms with Crippen molar-refractivity contribution in [1.29, 1.82) is 0 Å². The second-order valence-corrected chi connectivity index (χ2v) is 5.63. The molecule has 90 valence electrons. The van der Waals surface area contributed by atoms with Crippen molar-refractivity contribution in [3.63, 3.8) is 0 Å². The van der Waals surface area contributed by atoms with Crippen molar-refractivity contribution in [2.24, 2.45) is 5.41 Å². The summed E-state index contributed by atoms with van der Waals surface area (Å²) >= 11 is 0. The summed E-state index contributed by atoms with van der Waals surface area (Å²) in [5.41, 5.74) is -0.0276. The first-order chi connectivity index (χ1) is 6.95. The maximum atomic E-state index is 10.0. The third kappa shape index (κ3) is 3.74. The van der Waals surface area contributed by atoms with Crippen LogP contribution in [0.1, 0.15) is 33.6 Å². The lowest BCUT2D eigenvalue weighted by Gasteiger charge is -2.32. The number of aliphatic hydroxyl groups excluding tert-OH is 1. The number of hydrogen-bond donors (Lipinski definition) is 1. The summed E-state index contributed by atoms with van der Waals surface area (Å²) in [5, 5.41) is 10.0. The lowest BCUT2D eigenvalue weighted by molar-refractivity contribution is 0.0140. The standard InChI is InChI=1S/C12H25NO2/c1-12(2,3)11(14)8-13-7-5-6-10(13)9-15-4/h10-11,14H,5-9H2,1-4H3/t10-,11-/m0/s1. The maximum Gasteiger partial charge on any atom is 0.0715 e. The second-order valence-electron chi connectivity index (χ2n) is 5.63. The normalized spacial score (nSPS) is 25.8. The Morgan fingerprint density at radius 3 is 2.67 bits per heavy atom. The van der Waals surface area contributed by atoms with E-state index >= 15 is 0 Å². The van der Waals surface area contributed by atoms with Crippen molar-refractivity contribution in [2.45, 2.75) is 45.8 Å². The molecule has 1 aliphatic rings. The van der Waals surface area contributed by atoms with Gasteiger partial charge in [0.25, 0.3) is 0 Å². The van der Waals surface area contributed by atoms with E-state index in [2.05, 4.69) is 25.7 Å². The van der Waals surface area contributed by atoms with Crippen LogP contribution in [0.25, 0.3) is 0 Å². The molecule has 3 heteroatoms. The van der Waals surface area contributed by atoms with Gasteiger partial charge in [0.05, 0.1) is 12.7 Å². The summed E-state index contributed by atoms with van der Waals surface area (Å²) in [7, 11) is 1.75.